The largest absolute Gasteiger partial charge is 0.321 e. The van der Waals surface area contributed by atoms with Gasteiger partial charge < -0.3 is 9.88 Å². The van der Waals surface area contributed by atoms with Gasteiger partial charge in [-0.05, 0) is 35.7 Å². The molecule has 4 aromatic rings. The first kappa shape index (κ1) is 13.7. The summed E-state index contributed by atoms with van der Waals surface area (Å²) in [6.07, 6.45) is 5.32. The highest BCUT2D eigenvalue weighted by Gasteiger charge is 2.10. The van der Waals surface area contributed by atoms with Crippen molar-refractivity contribution < 1.29 is 4.79 Å². The summed E-state index contributed by atoms with van der Waals surface area (Å²) >= 11 is 1.50. The molecule has 5 heteroatoms. The molecule has 1 N–H and O–H groups in total. The van der Waals surface area contributed by atoms with Crippen LogP contribution in [0.2, 0.25) is 0 Å². The van der Waals surface area contributed by atoms with E-state index in [0.717, 1.165) is 21.5 Å². The maximum Gasteiger partial charge on any atom is 0.265 e. The van der Waals surface area contributed by atoms with E-state index < -0.39 is 0 Å². The standard InChI is InChI=1S/C18H13N3OS/c22-18(17-10-13-4-1-2-7-16(13)23-17)20-14-5-3-6-15(11-14)21-9-8-19-12-21/h1-12H,(H,20,22). The molecule has 0 radical (unpaired) electrons. The van der Waals surface area contributed by atoms with E-state index in [-0.39, 0.29) is 5.91 Å². The Morgan fingerprint density at radius 2 is 2.00 bits per heavy atom. The number of thiophene rings is 1. The second kappa shape index (κ2) is 5.70. The fourth-order valence-corrected chi connectivity index (χ4v) is 3.40. The van der Waals surface area contributed by atoms with Crippen LogP contribution >= 0.6 is 11.3 Å². The van der Waals surface area contributed by atoms with Gasteiger partial charge in [-0.2, -0.15) is 0 Å². The van der Waals surface area contributed by atoms with Crippen molar-refractivity contribution in [1.82, 2.24) is 9.55 Å². The molecular weight excluding hydrogens is 306 g/mol. The number of benzene rings is 2. The van der Waals surface area contributed by atoms with Crippen LogP contribution in [0.15, 0.2) is 73.3 Å². The Balaban J connectivity index is 1.60. The van der Waals surface area contributed by atoms with E-state index in [4.69, 9.17) is 0 Å². The summed E-state index contributed by atoms with van der Waals surface area (Å²) in [6, 6.07) is 17.6. The first-order chi connectivity index (χ1) is 11.3. The number of aromatic nitrogens is 2. The monoisotopic (exact) mass is 319 g/mol. The summed E-state index contributed by atoms with van der Waals surface area (Å²) in [5.41, 5.74) is 1.72. The number of carbonyl (C=O) groups excluding carboxylic acids is 1. The Bertz CT molecular complexity index is 940. The molecule has 112 valence electrons. The Morgan fingerprint density at radius 3 is 2.83 bits per heavy atom. The lowest BCUT2D eigenvalue weighted by Crippen LogP contribution is -2.10. The van der Waals surface area contributed by atoms with Crippen LogP contribution in [0.25, 0.3) is 15.8 Å². The molecule has 4 nitrogen and oxygen atoms in total. The first-order valence-electron chi connectivity index (χ1n) is 7.18. The fourth-order valence-electron chi connectivity index (χ4n) is 2.44. The second-order valence-corrected chi connectivity index (χ2v) is 6.21. The normalized spacial score (nSPS) is 10.8. The molecule has 0 saturated heterocycles. The van der Waals surface area contributed by atoms with Crippen molar-refractivity contribution >= 4 is 33.0 Å². The fraction of sp³-hybridized carbons (Fsp3) is 0. The summed E-state index contributed by atoms with van der Waals surface area (Å²) in [4.78, 5) is 17.2. The Morgan fingerprint density at radius 1 is 1.09 bits per heavy atom. The molecule has 23 heavy (non-hydrogen) atoms. The number of fused-ring (bicyclic) bond motifs is 1. The average molecular weight is 319 g/mol. The molecule has 0 aliphatic carbocycles. The first-order valence-corrected chi connectivity index (χ1v) is 7.99. The lowest BCUT2D eigenvalue weighted by molar-refractivity contribution is 0.103. The second-order valence-electron chi connectivity index (χ2n) is 5.12. The smallest absolute Gasteiger partial charge is 0.265 e. The van der Waals surface area contributed by atoms with E-state index in [9.17, 15) is 4.79 Å². The molecule has 0 atom stereocenters. The highest BCUT2D eigenvalue weighted by Crippen LogP contribution is 2.26. The van der Waals surface area contributed by atoms with Crippen LogP contribution in [0, 0.1) is 0 Å². The SMILES string of the molecule is O=C(Nc1cccc(-n2ccnc2)c1)c1cc2ccccc2s1. The van der Waals surface area contributed by atoms with Crippen LogP contribution in [0.3, 0.4) is 0 Å². The lowest BCUT2D eigenvalue weighted by Gasteiger charge is -2.07. The molecular formula is C18H13N3OS. The zero-order chi connectivity index (χ0) is 15.6. The van der Waals surface area contributed by atoms with Crippen LogP contribution in [-0.2, 0) is 0 Å². The van der Waals surface area contributed by atoms with Crippen LogP contribution < -0.4 is 5.32 Å². The molecule has 0 saturated carbocycles. The van der Waals surface area contributed by atoms with Crippen LogP contribution in [0.1, 0.15) is 9.67 Å². The molecule has 4 rings (SSSR count). The Labute approximate surface area is 137 Å². The van der Waals surface area contributed by atoms with Crippen LogP contribution in [-0.4, -0.2) is 15.5 Å². The summed E-state index contributed by atoms with van der Waals surface area (Å²) < 4.78 is 3.01. The molecule has 1 amide bonds. The van der Waals surface area contributed by atoms with Crippen molar-refractivity contribution in [1.29, 1.82) is 0 Å². The number of nitrogens with one attached hydrogen (secondary N) is 1. The van der Waals surface area contributed by atoms with Crippen molar-refractivity contribution in [3.63, 3.8) is 0 Å². The summed E-state index contributed by atoms with van der Waals surface area (Å²) in [5, 5.41) is 4.05. The van der Waals surface area contributed by atoms with Gasteiger partial charge in [-0.1, -0.05) is 24.3 Å². The van der Waals surface area contributed by atoms with Gasteiger partial charge in [-0.25, -0.2) is 4.98 Å². The van der Waals surface area contributed by atoms with Crippen molar-refractivity contribution in [3.8, 4) is 5.69 Å². The van der Waals surface area contributed by atoms with E-state index in [1.165, 1.54) is 11.3 Å². The van der Waals surface area contributed by atoms with Gasteiger partial charge in [0.2, 0.25) is 0 Å². The number of rotatable bonds is 3. The molecule has 2 heterocycles. The molecule has 0 spiro atoms. The topological polar surface area (TPSA) is 46.9 Å². The van der Waals surface area contributed by atoms with Crippen molar-refractivity contribution in [2.45, 2.75) is 0 Å². The Hall–Kier alpha value is -2.92. The van der Waals surface area contributed by atoms with Gasteiger partial charge in [0.1, 0.15) is 0 Å². The Kier molecular flexibility index (Phi) is 3.40. The number of imidazole rings is 1. The van der Waals surface area contributed by atoms with Crippen molar-refractivity contribution in [2.24, 2.45) is 0 Å². The molecule has 2 aromatic carbocycles. The zero-order valence-electron chi connectivity index (χ0n) is 12.1. The van der Waals surface area contributed by atoms with Crippen LogP contribution in [0.5, 0.6) is 0 Å². The zero-order valence-corrected chi connectivity index (χ0v) is 13.0. The van der Waals surface area contributed by atoms with E-state index in [1.807, 2.05) is 65.4 Å². The van der Waals surface area contributed by atoms with Gasteiger partial charge in [-0.3, -0.25) is 4.79 Å². The van der Waals surface area contributed by atoms with E-state index in [1.54, 1.807) is 12.5 Å². The van der Waals surface area contributed by atoms with Gasteiger partial charge in [0.15, 0.2) is 0 Å². The number of hydrogen-bond acceptors (Lipinski definition) is 3. The van der Waals surface area contributed by atoms with Gasteiger partial charge in [0.05, 0.1) is 11.2 Å². The van der Waals surface area contributed by atoms with Crippen LogP contribution in [0.4, 0.5) is 5.69 Å². The lowest BCUT2D eigenvalue weighted by atomic mass is 10.2. The predicted octanol–water partition coefficient (Wildman–Crippen LogP) is 4.34. The summed E-state index contributed by atoms with van der Waals surface area (Å²) in [6.45, 7) is 0. The summed E-state index contributed by atoms with van der Waals surface area (Å²) in [5.74, 6) is -0.0889. The van der Waals surface area contributed by atoms with E-state index in [2.05, 4.69) is 10.3 Å². The minimum Gasteiger partial charge on any atom is -0.321 e. The molecule has 0 aliphatic heterocycles. The minimum absolute atomic E-state index is 0.0889. The highest BCUT2D eigenvalue weighted by molar-refractivity contribution is 7.20. The molecule has 0 unspecified atom stereocenters. The number of anilines is 1. The third kappa shape index (κ3) is 2.74. The molecule has 0 fully saturated rings. The third-order valence-electron chi connectivity index (χ3n) is 3.56. The maximum atomic E-state index is 12.5. The number of hydrogen-bond donors (Lipinski definition) is 1. The molecule has 2 aromatic heterocycles. The third-order valence-corrected chi connectivity index (χ3v) is 4.67. The van der Waals surface area contributed by atoms with Gasteiger partial charge in [0, 0.05) is 28.5 Å². The maximum absolute atomic E-state index is 12.5. The van der Waals surface area contributed by atoms with Crippen molar-refractivity contribution in [3.05, 3.63) is 78.2 Å². The number of amides is 1. The number of nitrogens with zero attached hydrogens (tertiary/aromatic N) is 2. The average Bonchev–Trinajstić information content (AvgIpc) is 3.24. The number of carbonyl (C=O) groups is 1. The minimum atomic E-state index is -0.0889. The quantitative estimate of drug-likeness (QED) is 0.610. The molecule has 0 bridgehead atoms. The van der Waals surface area contributed by atoms with E-state index >= 15 is 0 Å². The van der Waals surface area contributed by atoms with Gasteiger partial charge >= 0.3 is 0 Å². The van der Waals surface area contributed by atoms with Crippen molar-refractivity contribution in [2.75, 3.05) is 5.32 Å². The predicted molar refractivity (Wildman–Crippen MR) is 93.3 cm³/mol. The van der Waals surface area contributed by atoms with Gasteiger partial charge in [0.25, 0.3) is 5.91 Å². The molecule has 0 aliphatic rings. The highest BCUT2D eigenvalue weighted by atomic mass is 32.1. The van der Waals surface area contributed by atoms with E-state index in [0.29, 0.717) is 4.88 Å². The van der Waals surface area contributed by atoms with Gasteiger partial charge in [-0.15, -0.1) is 11.3 Å². The summed E-state index contributed by atoms with van der Waals surface area (Å²) in [7, 11) is 0.